The fourth-order valence-corrected chi connectivity index (χ4v) is 3.26. The zero-order chi connectivity index (χ0) is 18.6. The lowest BCUT2D eigenvalue weighted by molar-refractivity contribution is -0.0595. The van der Waals surface area contributed by atoms with E-state index in [0.717, 1.165) is 5.56 Å². The Kier molecular flexibility index (Phi) is 5.54. The molecular formula is C20H24N2O4. The molecule has 1 aromatic carbocycles. The fourth-order valence-electron chi connectivity index (χ4n) is 3.26. The summed E-state index contributed by atoms with van der Waals surface area (Å²) < 4.78 is 6.74. The molecule has 1 amide bonds. The summed E-state index contributed by atoms with van der Waals surface area (Å²) in [5, 5.41) is 13.6. The van der Waals surface area contributed by atoms with E-state index in [4.69, 9.17) is 4.74 Å². The molecule has 6 heteroatoms. The van der Waals surface area contributed by atoms with Gasteiger partial charge in [0.25, 0.3) is 11.5 Å². The third-order valence-corrected chi connectivity index (χ3v) is 4.74. The van der Waals surface area contributed by atoms with Gasteiger partial charge in [0, 0.05) is 44.3 Å². The Morgan fingerprint density at radius 1 is 1.27 bits per heavy atom. The number of nitrogens with one attached hydrogen (secondary N) is 1. The highest BCUT2D eigenvalue weighted by molar-refractivity contribution is 5.94. The molecule has 1 aliphatic rings. The van der Waals surface area contributed by atoms with Crippen molar-refractivity contribution in [1.82, 2.24) is 9.88 Å². The Morgan fingerprint density at radius 3 is 2.69 bits per heavy atom. The van der Waals surface area contributed by atoms with Crippen molar-refractivity contribution in [2.75, 3.05) is 13.2 Å². The molecule has 0 atom stereocenters. The van der Waals surface area contributed by atoms with Gasteiger partial charge in [0.2, 0.25) is 0 Å². The SMILES string of the molecule is CCOCCn1cc(C(=O)NC2CC(O)(c3ccccc3)C2)ccc1=O. The summed E-state index contributed by atoms with van der Waals surface area (Å²) in [5.74, 6) is -0.240. The molecule has 6 nitrogen and oxygen atoms in total. The first-order valence-corrected chi connectivity index (χ1v) is 8.89. The summed E-state index contributed by atoms with van der Waals surface area (Å²) in [4.78, 5) is 24.3. The van der Waals surface area contributed by atoms with Gasteiger partial charge in [-0.1, -0.05) is 30.3 Å². The first-order valence-electron chi connectivity index (χ1n) is 8.89. The first-order chi connectivity index (χ1) is 12.5. The van der Waals surface area contributed by atoms with Gasteiger partial charge < -0.3 is 19.7 Å². The van der Waals surface area contributed by atoms with Gasteiger partial charge >= 0.3 is 0 Å². The zero-order valence-corrected chi connectivity index (χ0v) is 14.9. The molecule has 0 radical (unpaired) electrons. The molecule has 138 valence electrons. The van der Waals surface area contributed by atoms with Crippen molar-refractivity contribution in [2.24, 2.45) is 0 Å². The van der Waals surface area contributed by atoms with Crippen LogP contribution in [0.5, 0.6) is 0 Å². The van der Waals surface area contributed by atoms with Crippen LogP contribution in [0.25, 0.3) is 0 Å². The highest BCUT2D eigenvalue weighted by Crippen LogP contribution is 2.41. The van der Waals surface area contributed by atoms with Crippen molar-refractivity contribution in [3.05, 3.63) is 70.1 Å². The van der Waals surface area contributed by atoms with E-state index in [2.05, 4.69) is 5.32 Å². The molecule has 1 aliphatic carbocycles. The second-order valence-electron chi connectivity index (χ2n) is 6.62. The molecule has 1 heterocycles. The molecule has 0 aliphatic heterocycles. The van der Waals surface area contributed by atoms with Crippen molar-refractivity contribution in [3.63, 3.8) is 0 Å². The minimum absolute atomic E-state index is 0.0866. The Labute approximate surface area is 152 Å². The van der Waals surface area contributed by atoms with Gasteiger partial charge in [0.05, 0.1) is 17.8 Å². The quantitative estimate of drug-likeness (QED) is 0.740. The topological polar surface area (TPSA) is 80.6 Å². The van der Waals surface area contributed by atoms with Crippen LogP contribution in [-0.2, 0) is 16.9 Å². The van der Waals surface area contributed by atoms with Gasteiger partial charge in [-0.15, -0.1) is 0 Å². The van der Waals surface area contributed by atoms with Gasteiger partial charge in [-0.3, -0.25) is 9.59 Å². The van der Waals surface area contributed by atoms with Crippen LogP contribution in [-0.4, -0.2) is 34.8 Å². The van der Waals surface area contributed by atoms with E-state index in [9.17, 15) is 14.7 Å². The highest BCUT2D eigenvalue weighted by Gasteiger charge is 2.44. The lowest BCUT2D eigenvalue weighted by Gasteiger charge is -2.44. The van der Waals surface area contributed by atoms with Crippen molar-refractivity contribution >= 4 is 5.91 Å². The van der Waals surface area contributed by atoms with Crippen molar-refractivity contribution < 1.29 is 14.6 Å². The number of carbonyl (C=O) groups excluding carboxylic acids is 1. The number of ether oxygens (including phenoxy) is 1. The summed E-state index contributed by atoms with van der Waals surface area (Å²) in [6.07, 6.45) is 2.51. The molecule has 1 aromatic heterocycles. The molecule has 2 N–H and O–H groups in total. The molecule has 1 saturated carbocycles. The number of carbonyl (C=O) groups is 1. The average Bonchev–Trinajstić information content (AvgIpc) is 2.62. The predicted molar refractivity (Wildman–Crippen MR) is 98.0 cm³/mol. The molecule has 1 fully saturated rings. The highest BCUT2D eigenvalue weighted by atomic mass is 16.5. The summed E-state index contributed by atoms with van der Waals surface area (Å²) >= 11 is 0. The lowest BCUT2D eigenvalue weighted by atomic mass is 9.71. The van der Waals surface area contributed by atoms with E-state index in [-0.39, 0.29) is 17.5 Å². The normalized spacial score (nSPS) is 21.8. The number of benzene rings is 1. The average molecular weight is 356 g/mol. The molecule has 0 saturated heterocycles. The molecule has 26 heavy (non-hydrogen) atoms. The van der Waals surface area contributed by atoms with Gasteiger partial charge in [-0.2, -0.15) is 0 Å². The monoisotopic (exact) mass is 356 g/mol. The minimum atomic E-state index is -0.879. The third-order valence-electron chi connectivity index (χ3n) is 4.74. The van der Waals surface area contributed by atoms with Crippen LogP contribution in [0.1, 0.15) is 35.7 Å². The van der Waals surface area contributed by atoms with Crippen LogP contribution < -0.4 is 10.9 Å². The third kappa shape index (κ3) is 4.03. The van der Waals surface area contributed by atoms with Crippen molar-refractivity contribution in [1.29, 1.82) is 0 Å². The van der Waals surface area contributed by atoms with E-state index in [1.54, 1.807) is 6.20 Å². The molecular weight excluding hydrogens is 332 g/mol. The summed E-state index contributed by atoms with van der Waals surface area (Å²) in [7, 11) is 0. The Morgan fingerprint density at radius 2 is 2.00 bits per heavy atom. The molecule has 0 spiro atoms. The van der Waals surface area contributed by atoms with Crippen LogP contribution >= 0.6 is 0 Å². The summed E-state index contributed by atoms with van der Waals surface area (Å²) in [6, 6.07) is 12.3. The molecule has 3 rings (SSSR count). The second-order valence-corrected chi connectivity index (χ2v) is 6.62. The fraction of sp³-hybridized carbons (Fsp3) is 0.400. The van der Waals surface area contributed by atoms with Crippen LogP contribution in [0, 0.1) is 0 Å². The van der Waals surface area contributed by atoms with Crippen LogP contribution in [0.3, 0.4) is 0 Å². The number of aliphatic hydroxyl groups is 1. The lowest BCUT2D eigenvalue weighted by Crippen LogP contribution is -2.53. The van der Waals surface area contributed by atoms with E-state index in [1.165, 1.54) is 16.7 Å². The summed E-state index contributed by atoms with van der Waals surface area (Å²) in [5.41, 5.74) is 0.254. The largest absolute Gasteiger partial charge is 0.385 e. The van der Waals surface area contributed by atoms with Crippen LogP contribution in [0.15, 0.2) is 53.5 Å². The maximum absolute atomic E-state index is 12.4. The van der Waals surface area contributed by atoms with Gasteiger partial charge in [0.1, 0.15) is 0 Å². The van der Waals surface area contributed by atoms with Crippen LogP contribution in [0.2, 0.25) is 0 Å². The van der Waals surface area contributed by atoms with Crippen molar-refractivity contribution in [2.45, 2.75) is 38.0 Å². The van der Waals surface area contributed by atoms with E-state index in [0.29, 0.717) is 38.2 Å². The Hall–Kier alpha value is -2.44. The Balaban J connectivity index is 1.59. The maximum atomic E-state index is 12.4. The number of aromatic nitrogens is 1. The Bertz CT molecular complexity index is 810. The smallest absolute Gasteiger partial charge is 0.252 e. The van der Waals surface area contributed by atoms with E-state index in [1.807, 2.05) is 37.3 Å². The molecule has 0 unspecified atom stereocenters. The van der Waals surface area contributed by atoms with E-state index < -0.39 is 5.60 Å². The van der Waals surface area contributed by atoms with Gasteiger partial charge in [-0.25, -0.2) is 0 Å². The molecule has 0 bridgehead atoms. The number of nitrogens with zero attached hydrogens (tertiary/aromatic N) is 1. The predicted octanol–water partition coefficient (Wildman–Crippen LogP) is 1.66. The first kappa shape index (κ1) is 18.4. The maximum Gasteiger partial charge on any atom is 0.252 e. The minimum Gasteiger partial charge on any atom is -0.385 e. The zero-order valence-electron chi connectivity index (χ0n) is 14.9. The molecule has 2 aromatic rings. The van der Waals surface area contributed by atoms with Crippen molar-refractivity contribution in [3.8, 4) is 0 Å². The standard InChI is InChI=1S/C20H24N2O4/c1-2-26-11-10-22-14-15(8-9-18(22)23)19(24)21-17-12-20(25,13-17)16-6-4-3-5-7-16/h3-9,14,17,25H,2,10-13H2,1H3,(H,21,24). The number of amides is 1. The second kappa shape index (κ2) is 7.85. The number of rotatable bonds is 7. The van der Waals surface area contributed by atoms with Crippen LogP contribution in [0.4, 0.5) is 0 Å². The van der Waals surface area contributed by atoms with E-state index >= 15 is 0 Å². The summed E-state index contributed by atoms with van der Waals surface area (Å²) in [6.45, 7) is 3.31. The van der Waals surface area contributed by atoms with Gasteiger partial charge in [-0.05, 0) is 18.6 Å². The number of pyridine rings is 1. The number of hydrogen-bond donors (Lipinski definition) is 2. The number of hydrogen-bond acceptors (Lipinski definition) is 4. The van der Waals surface area contributed by atoms with Gasteiger partial charge in [0.15, 0.2) is 0 Å².